The van der Waals surface area contributed by atoms with Crippen LogP contribution in [-0.2, 0) is 0 Å². The van der Waals surface area contributed by atoms with Crippen LogP contribution in [0.4, 0.5) is 10.1 Å². The van der Waals surface area contributed by atoms with Crippen LogP contribution in [0.2, 0.25) is 10.0 Å². The number of nitrogens with two attached hydrogens (primary N) is 1. The van der Waals surface area contributed by atoms with Crippen LogP contribution in [0.3, 0.4) is 0 Å². The van der Waals surface area contributed by atoms with E-state index in [-0.39, 0.29) is 6.04 Å². The lowest BCUT2D eigenvalue weighted by Gasteiger charge is -2.40. The van der Waals surface area contributed by atoms with Crippen molar-refractivity contribution in [3.05, 3.63) is 28.0 Å². The summed E-state index contributed by atoms with van der Waals surface area (Å²) in [7, 11) is 0. The van der Waals surface area contributed by atoms with Gasteiger partial charge in [-0.05, 0) is 37.8 Å². The maximum atomic E-state index is 13.2. The molecule has 0 aromatic heterocycles. The van der Waals surface area contributed by atoms with Crippen molar-refractivity contribution in [2.24, 2.45) is 5.73 Å². The summed E-state index contributed by atoms with van der Waals surface area (Å²) in [6.45, 7) is 0. The molecule has 1 aromatic rings. The van der Waals surface area contributed by atoms with Crippen molar-refractivity contribution in [1.82, 2.24) is 0 Å². The average molecular weight is 289 g/mol. The van der Waals surface area contributed by atoms with Crippen LogP contribution in [0.15, 0.2) is 12.1 Å². The second-order valence-corrected chi connectivity index (χ2v) is 6.06. The lowest BCUT2D eigenvalue weighted by atomic mass is 9.97. The Morgan fingerprint density at radius 3 is 2.11 bits per heavy atom. The lowest BCUT2D eigenvalue weighted by Crippen LogP contribution is -2.47. The highest BCUT2D eigenvalue weighted by Crippen LogP contribution is 2.45. The quantitative estimate of drug-likeness (QED) is 0.856. The van der Waals surface area contributed by atoms with Gasteiger partial charge in [0.05, 0.1) is 15.7 Å². The third kappa shape index (κ3) is 1.98. The van der Waals surface area contributed by atoms with Crippen LogP contribution in [0.1, 0.15) is 25.7 Å². The molecule has 5 heteroatoms. The SMILES string of the molecule is NC1CC2CCC(C1)N2c1c(Cl)cc(F)cc1Cl. The monoisotopic (exact) mass is 288 g/mol. The zero-order chi connectivity index (χ0) is 12.9. The second-order valence-electron chi connectivity index (χ2n) is 5.24. The van der Waals surface area contributed by atoms with E-state index in [0.717, 1.165) is 31.4 Å². The maximum absolute atomic E-state index is 13.2. The highest BCUT2D eigenvalue weighted by molar-refractivity contribution is 6.39. The fraction of sp³-hybridized carbons (Fsp3) is 0.538. The molecule has 3 rings (SSSR count). The summed E-state index contributed by atoms with van der Waals surface area (Å²) in [6, 6.07) is 3.70. The zero-order valence-corrected chi connectivity index (χ0v) is 11.4. The number of hydrogen-bond donors (Lipinski definition) is 1. The van der Waals surface area contributed by atoms with Crippen molar-refractivity contribution in [3.63, 3.8) is 0 Å². The first-order chi connectivity index (χ1) is 8.56. The molecule has 98 valence electrons. The molecule has 1 aromatic carbocycles. The van der Waals surface area contributed by atoms with Crippen LogP contribution in [0.25, 0.3) is 0 Å². The van der Waals surface area contributed by atoms with Gasteiger partial charge in [0, 0.05) is 18.1 Å². The number of hydrogen-bond acceptors (Lipinski definition) is 2. The van der Waals surface area contributed by atoms with Gasteiger partial charge in [0.2, 0.25) is 0 Å². The summed E-state index contributed by atoms with van der Waals surface area (Å²) in [4.78, 5) is 2.26. The fourth-order valence-corrected chi connectivity index (χ4v) is 4.02. The summed E-state index contributed by atoms with van der Waals surface area (Å²) >= 11 is 12.3. The van der Waals surface area contributed by atoms with Crippen molar-refractivity contribution < 1.29 is 4.39 Å². The number of fused-ring (bicyclic) bond motifs is 2. The Labute approximate surface area is 116 Å². The standard InChI is InChI=1S/C13H15Cl2FN2/c14-11-3-7(16)4-12(15)13(11)18-9-1-2-10(18)6-8(17)5-9/h3-4,8-10H,1-2,5-6,17H2. The molecule has 18 heavy (non-hydrogen) atoms. The van der Waals surface area contributed by atoms with Crippen LogP contribution in [0, 0.1) is 5.82 Å². The van der Waals surface area contributed by atoms with Crippen molar-refractivity contribution in [3.8, 4) is 0 Å². The molecule has 0 radical (unpaired) electrons. The zero-order valence-electron chi connectivity index (χ0n) is 9.87. The molecule has 2 aliphatic heterocycles. The number of piperidine rings is 1. The molecule has 2 heterocycles. The van der Waals surface area contributed by atoms with E-state index in [1.165, 1.54) is 12.1 Å². The number of halogens is 3. The van der Waals surface area contributed by atoms with Gasteiger partial charge < -0.3 is 10.6 Å². The van der Waals surface area contributed by atoms with E-state index in [1.807, 2.05) is 0 Å². The van der Waals surface area contributed by atoms with Gasteiger partial charge in [0.25, 0.3) is 0 Å². The summed E-state index contributed by atoms with van der Waals surface area (Å²) < 4.78 is 13.2. The number of anilines is 1. The lowest BCUT2D eigenvalue weighted by molar-refractivity contribution is 0.414. The molecule has 2 bridgehead atoms. The first kappa shape index (κ1) is 12.5. The summed E-state index contributed by atoms with van der Waals surface area (Å²) in [5.74, 6) is -0.394. The molecule has 2 fully saturated rings. The van der Waals surface area contributed by atoms with Crippen molar-refractivity contribution >= 4 is 28.9 Å². The van der Waals surface area contributed by atoms with Crippen molar-refractivity contribution in [2.45, 2.75) is 43.8 Å². The van der Waals surface area contributed by atoms with Gasteiger partial charge in [-0.15, -0.1) is 0 Å². The highest BCUT2D eigenvalue weighted by atomic mass is 35.5. The third-order valence-corrected chi connectivity index (χ3v) is 4.59. The van der Waals surface area contributed by atoms with Gasteiger partial charge in [0.15, 0.2) is 0 Å². The Balaban J connectivity index is 2.01. The molecule has 2 aliphatic rings. The van der Waals surface area contributed by atoms with Crippen LogP contribution in [-0.4, -0.2) is 18.1 Å². The van der Waals surface area contributed by atoms with Gasteiger partial charge in [0.1, 0.15) is 5.82 Å². The summed E-state index contributed by atoms with van der Waals surface area (Å²) in [6.07, 6.45) is 4.14. The topological polar surface area (TPSA) is 29.3 Å². The van der Waals surface area contributed by atoms with Gasteiger partial charge in [-0.3, -0.25) is 0 Å². The fourth-order valence-electron chi connectivity index (χ4n) is 3.37. The van der Waals surface area contributed by atoms with E-state index < -0.39 is 5.82 Å². The molecule has 0 spiro atoms. The van der Waals surface area contributed by atoms with Gasteiger partial charge in [-0.2, -0.15) is 0 Å². The smallest absolute Gasteiger partial charge is 0.126 e. The Morgan fingerprint density at radius 2 is 1.61 bits per heavy atom. The molecule has 2 atom stereocenters. The predicted molar refractivity (Wildman–Crippen MR) is 72.9 cm³/mol. The minimum atomic E-state index is -0.394. The summed E-state index contributed by atoms with van der Waals surface area (Å²) in [5, 5.41) is 0.791. The van der Waals surface area contributed by atoms with E-state index >= 15 is 0 Å². The maximum Gasteiger partial charge on any atom is 0.126 e. The van der Waals surface area contributed by atoms with E-state index in [0.29, 0.717) is 22.1 Å². The van der Waals surface area contributed by atoms with Crippen molar-refractivity contribution in [1.29, 1.82) is 0 Å². The third-order valence-electron chi connectivity index (χ3n) is 4.01. The average Bonchev–Trinajstić information content (AvgIpc) is 2.53. The Bertz CT molecular complexity index is 443. The molecular formula is C13H15Cl2FN2. The second kappa shape index (κ2) is 4.55. The molecular weight excluding hydrogens is 274 g/mol. The van der Waals surface area contributed by atoms with Crippen LogP contribution in [0.5, 0.6) is 0 Å². The molecule has 0 saturated carbocycles. The first-order valence-electron chi connectivity index (χ1n) is 6.24. The van der Waals surface area contributed by atoms with E-state index in [4.69, 9.17) is 28.9 Å². The molecule has 0 amide bonds. The highest BCUT2D eigenvalue weighted by Gasteiger charge is 2.41. The Morgan fingerprint density at radius 1 is 1.11 bits per heavy atom. The van der Waals surface area contributed by atoms with Crippen LogP contribution < -0.4 is 10.6 Å². The largest absolute Gasteiger partial charge is 0.363 e. The van der Waals surface area contributed by atoms with E-state index in [2.05, 4.69) is 4.90 Å². The molecule has 2 nitrogen and oxygen atoms in total. The van der Waals surface area contributed by atoms with Gasteiger partial charge in [-0.25, -0.2) is 4.39 Å². The van der Waals surface area contributed by atoms with Crippen molar-refractivity contribution in [2.75, 3.05) is 4.90 Å². The first-order valence-corrected chi connectivity index (χ1v) is 7.00. The van der Waals surface area contributed by atoms with Gasteiger partial charge >= 0.3 is 0 Å². The number of nitrogens with zero attached hydrogens (tertiary/aromatic N) is 1. The van der Waals surface area contributed by atoms with E-state index in [1.54, 1.807) is 0 Å². The number of rotatable bonds is 1. The van der Waals surface area contributed by atoms with Crippen LogP contribution >= 0.6 is 23.2 Å². The van der Waals surface area contributed by atoms with Gasteiger partial charge in [-0.1, -0.05) is 23.2 Å². The molecule has 2 saturated heterocycles. The normalized spacial score (nSPS) is 30.9. The summed E-state index contributed by atoms with van der Waals surface area (Å²) in [5.41, 5.74) is 6.82. The molecule has 2 unspecified atom stereocenters. The molecule has 2 N–H and O–H groups in total. The number of benzene rings is 1. The van der Waals surface area contributed by atoms with E-state index in [9.17, 15) is 4.39 Å². The minimum absolute atomic E-state index is 0.261. The molecule has 0 aliphatic carbocycles. The Kier molecular flexibility index (Phi) is 3.16. The Hall–Kier alpha value is -0.510. The predicted octanol–water partition coefficient (Wildman–Crippen LogP) is 3.59. The minimum Gasteiger partial charge on any atom is -0.363 e.